The van der Waals surface area contributed by atoms with Gasteiger partial charge in [0.25, 0.3) is 0 Å². The monoisotopic (exact) mass is 307 g/mol. The van der Waals surface area contributed by atoms with Gasteiger partial charge in [0, 0.05) is 16.6 Å². The Morgan fingerprint density at radius 1 is 1.39 bits per heavy atom. The van der Waals surface area contributed by atoms with Gasteiger partial charge in [0.1, 0.15) is 11.5 Å². The van der Waals surface area contributed by atoms with E-state index < -0.39 is 0 Å². The fraction of sp³-hybridized carbons (Fsp3) is 0.357. The Bertz CT molecular complexity index is 558. The molecule has 2 aromatic rings. The lowest BCUT2D eigenvalue weighted by atomic mass is 10.1. The molecule has 18 heavy (non-hydrogen) atoms. The van der Waals surface area contributed by atoms with Gasteiger partial charge >= 0.3 is 0 Å². The van der Waals surface area contributed by atoms with E-state index >= 15 is 0 Å². The summed E-state index contributed by atoms with van der Waals surface area (Å²) in [5.74, 6) is 1.29. The number of nitrogens with two attached hydrogens (primary N) is 1. The average molecular weight is 308 g/mol. The second-order valence-electron chi connectivity index (χ2n) is 4.99. The largest absolute Gasteiger partial charge is 0.383 e. The molecule has 1 aromatic heterocycles. The van der Waals surface area contributed by atoms with Crippen molar-refractivity contribution in [3.05, 3.63) is 34.6 Å². The number of hydrogen-bond donors (Lipinski definition) is 1. The molecule has 0 spiro atoms. The number of halogens is 1. The van der Waals surface area contributed by atoms with E-state index in [1.54, 1.807) is 0 Å². The normalized spacial score (nSPS) is 11.2. The molecule has 1 heterocycles. The number of imidazole rings is 1. The number of benzene rings is 1. The first-order valence-corrected chi connectivity index (χ1v) is 6.85. The molecule has 0 fully saturated rings. The van der Waals surface area contributed by atoms with Crippen LogP contribution in [0.1, 0.15) is 19.4 Å². The van der Waals surface area contributed by atoms with E-state index in [4.69, 9.17) is 5.73 Å². The molecule has 2 rings (SSSR count). The fourth-order valence-electron chi connectivity index (χ4n) is 1.89. The maximum absolute atomic E-state index is 6.16. The molecule has 0 atom stereocenters. The number of aromatic nitrogens is 2. The standard InChI is InChI=1S/C14H18BrN3/c1-9(2)7-18-8-17-13(14(18)16)11-5-4-10(3)12(15)6-11/h4-6,8-9H,7,16H2,1-3H3. The van der Waals surface area contributed by atoms with Crippen LogP contribution in [0.4, 0.5) is 5.82 Å². The lowest BCUT2D eigenvalue weighted by Crippen LogP contribution is -2.06. The summed E-state index contributed by atoms with van der Waals surface area (Å²) in [6, 6.07) is 6.19. The Labute approximate surface area is 116 Å². The highest BCUT2D eigenvalue weighted by atomic mass is 79.9. The van der Waals surface area contributed by atoms with Crippen LogP contribution in [0.15, 0.2) is 29.0 Å². The third-order valence-electron chi connectivity index (χ3n) is 2.89. The number of rotatable bonds is 3. The average Bonchev–Trinajstić information content (AvgIpc) is 2.64. The van der Waals surface area contributed by atoms with Gasteiger partial charge < -0.3 is 10.3 Å². The van der Waals surface area contributed by atoms with E-state index in [1.807, 2.05) is 10.9 Å². The molecule has 0 saturated heterocycles. The number of aryl methyl sites for hydroxylation is 1. The Morgan fingerprint density at radius 2 is 2.11 bits per heavy atom. The molecule has 4 heteroatoms. The van der Waals surface area contributed by atoms with Crippen molar-refractivity contribution in [1.29, 1.82) is 0 Å². The second kappa shape index (κ2) is 5.14. The summed E-state index contributed by atoms with van der Waals surface area (Å²) in [4.78, 5) is 4.43. The van der Waals surface area contributed by atoms with Crippen LogP contribution in [-0.2, 0) is 6.54 Å². The third kappa shape index (κ3) is 2.58. The number of anilines is 1. The van der Waals surface area contributed by atoms with E-state index in [0.29, 0.717) is 5.92 Å². The van der Waals surface area contributed by atoms with Crippen molar-refractivity contribution in [2.24, 2.45) is 5.92 Å². The molecule has 3 nitrogen and oxygen atoms in total. The van der Waals surface area contributed by atoms with Crippen LogP contribution >= 0.6 is 15.9 Å². The molecule has 2 N–H and O–H groups in total. The molecule has 0 saturated carbocycles. The molecule has 0 amide bonds. The van der Waals surface area contributed by atoms with E-state index in [-0.39, 0.29) is 0 Å². The predicted octanol–water partition coefficient (Wildman–Crippen LogP) is 3.86. The summed E-state index contributed by atoms with van der Waals surface area (Å²) in [7, 11) is 0. The van der Waals surface area contributed by atoms with Gasteiger partial charge in [-0.1, -0.05) is 41.9 Å². The van der Waals surface area contributed by atoms with Crippen molar-refractivity contribution >= 4 is 21.7 Å². The molecule has 0 aliphatic rings. The zero-order valence-electron chi connectivity index (χ0n) is 10.9. The Hall–Kier alpha value is -1.29. The van der Waals surface area contributed by atoms with Gasteiger partial charge in [-0.05, 0) is 24.5 Å². The van der Waals surface area contributed by atoms with Crippen LogP contribution in [0.25, 0.3) is 11.3 Å². The van der Waals surface area contributed by atoms with Crippen molar-refractivity contribution in [1.82, 2.24) is 9.55 Å². The zero-order chi connectivity index (χ0) is 13.3. The maximum atomic E-state index is 6.16. The molecular weight excluding hydrogens is 290 g/mol. The van der Waals surface area contributed by atoms with Gasteiger partial charge in [-0.2, -0.15) is 0 Å². The smallest absolute Gasteiger partial charge is 0.131 e. The highest BCUT2D eigenvalue weighted by Crippen LogP contribution is 2.28. The quantitative estimate of drug-likeness (QED) is 0.935. The minimum absolute atomic E-state index is 0.555. The predicted molar refractivity (Wildman–Crippen MR) is 79.4 cm³/mol. The Morgan fingerprint density at radius 3 is 2.72 bits per heavy atom. The summed E-state index contributed by atoms with van der Waals surface area (Å²) in [6.45, 7) is 7.30. The van der Waals surface area contributed by atoms with Gasteiger partial charge in [-0.15, -0.1) is 0 Å². The van der Waals surface area contributed by atoms with E-state index in [2.05, 4.69) is 59.9 Å². The van der Waals surface area contributed by atoms with Crippen molar-refractivity contribution in [2.75, 3.05) is 5.73 Å². The zero-order valence-corrected chi connectivity index (χ0v) is 12.5. The molecule has 1 aromatic carbocycles. The molecule has 96 valence electrons. The summed E-state index contributed by atoms with van der Waals surface area (Å²) in [5.41, 5.74) is 9.27. The number of nitrogens with zero attached hydrogens (tertiary/aromatic N) is 2. The van der Waals surface area contributed by atoms with Crippen molar-refractivity contribution in [3.63, 3.8) is 0 Å². The minimum Gasteiger partial charge on any atom is -0.383 e. The second-order valence-corrected chi connectivity index (χ2v) is 5.84. The summed E-state index contributed by atoms with van der Waals surface area (Å²) in [6.07, 6.45) is 1.82. The van der Waals surface area contributed by atoms with Crippen LogP contribution in [0.3, 0.4) is 0 Å². The Balaban J connectivity index is 2.39. The first-order valence-electron chi connectivity index (χ1n) is 6.06. The van der Waals surface area contributed by atoms with Crippen LogP contribution in [0.5, 0.6) is 0 Å². The van der Waals surface area contributed by atoms with Crippen molar-refractivity contribution in [2.45, 2.75) is 27.3 Å². The number of hydrogen-bond acceptors (Lipinski definition) is 2. The molecular formula is C14H18BrN3. The van der Waals surface area contributed by atoms with Gasteiger partial charge in [0.05, 0.1) is 6.33 Å². The first-order chi connectivity index (χ1) is 8.49. The first kappa shape index (κ1) is 13.1. The highest BCUT2D eigenvalue weighted by molar-refractivity contribution is 9.10. The minimum atomic E-state index is 0.555. The fourth-order valence-corrected chi connectivity index (χ4v) is 2.27. The summed E-state index contributed by atoms with van der Waals surface area (Å²) in [5, 5.41) is 0. The van der Waals surface area contributed by atoms with E-state index in [1.165, 1.54) is 5.56 Å². The summed E-state index contributed by atoms with van der Waals surface area (Å²) >= 11 is 3.54. The van der Waals surface area contributed by atoms with Gasteiger partial charge in [-0.25, -0.2) is 4.98 Å². The summed E-state index contributed by atoms with van der Waals surface area (Å²) < 4.78 is 3.09. The lowest BCUT2D eigenvalue weighted by molar-refractivity contribution is 0.527. The Kier molecular flexibility index (Phi) is 3.76. The van der Waals surface area contributed by atoms with Gasteiger partial charge in [0.15, 0.2) is 0 Å². The lowest BCUT2D eigenvalue weighted by Gasteiger charge is -2.08. The third-order valence-corrected chi connectivity index (χ3v) is 3.74. The van der Waals surface area contributed by atoms with Crippen LogP contribution in [0, 0.1) is 12.8 Å². The SMILES string of the molecule is Cc1ccc(-c2ncn(CC(C)C)c2N)cc1Br. The topological polar surface area (TPSA) is 43.8 Å². The van der Waals surface area contributed by atoms with Gasteiger partial charge in [-0.3, -0.25) is 0 Å². The molecule has 0 unspecified atom stereocenters. The van der Waals surface area contributed by atoms with Crippen LogP contribution < -0.4 is 5.73 Å². The maximum Gasteiger partial charge on any atom is 0.131 e. The van der Waals surface area contributed by atoms with Gasteiger partial charge in [0.2, 0.25) is 0 Å². The molecule has 0 aliphatic heterocycles. The van der Waals surface area contributed by atoms with Crippen molar-refractivity contribution < 1.29 is 0 Å². The molecule has 0 bridgehead atoms. The van der Waals surface area contributed by atoms with E-state index in [0.717, 1.165) is 28.1 Å². The highest BCUT2D eigenvalue weighted by Gasteiger charge is 2.11. The van der Waals surface area contributed by atoms with Crippen LogP contribution in [-0.4, -0.2) is 9.55 Å². The van der Waals surface area contributed by atoms with E-state index in [9.17, 15) is 0 Å². The van der Waals surface area contributed by atoms with Crippen molar-refractivity contribution in [3.8, 4) is 11.3 Å². The van der Waals surface area contributed by atoms with Crippen LogP contribution in [0.2, 0.25) is 0 Å². The molecule has 0 radical (unpaired) electrons. The number of nitrogen functional groups attached to an aromatic ring is 1. The molecule has 0 aliphatic carbocycles.